The molecule has 1 unspecified atom stereocenters. The normalized spacial score (nSPS) is 23.5. The molecule has 1 aliphatic heterocycles. The Kier molecular flexibility index (Phi) is 4.61. The standard InChI is InChI=1S/C22H21FN6OS2/c1-22(13-32(3,30)28(2)21(24)27-22)20-18(23)16-7-4-6-15(19(16)31-20)14-8-9-17(25-12-14)29-11-5-10-26-29/h4-12H,3,13H2,1-2H3,(H2,24,27)/t22-,32?/m0/s1. The first-order chi connectivity index (χ1) is 15.2. The lowest BCUT2D eigenvalue weighted by atomic mass is 10.0. The van der Waals surface area contributed by atoms with Crippen LogP contribution in [0.2, 0.25) is 0 Å². The number of benzene rings is 1. The topological polar surface area (TPSA) is 89.4 Å². The number of nitrogens with zero attached hydrogens (tertiary/aromatic N) is 5. The van der Waals surface area contributed by atoms with Gasteiger partial charge in [0, 0.05) is 46.9 Å². The molecular weight excluding hydrogens is 447 g/mol. The Morgan fingerprint density at radius 1 is 1.28 bits per heavy atom. The summed E-state index contributed by atoms with van der Waals surface area (Å²) >= 11 is 1.30. The van der Waals surface area contributed by atoms with Crippen LogP contribution >= 0.6 is 11.3 Å². The molecule has 0 bridgehead atoms. The van der Waals surface area contributed by atoms with E-state index in [2.05, 4.69) is 20.9 Å². The maximum atomic E-state index is 15.6. The van der Waals surface area contributed by atoms with Crippen molar-refractivity contribution in [2.24, 2.45) is 10.7 Å². The van der Waals surface area contributed by atoms with Gasteiger partial charge in [0.15, 0.2) is 5.82 Å². The van der Waals surface area contributed by atoms with Gasteiger partial charge in [-0.25, -0.2) is 23.3 Å². The maximum Gasteiger partial charge on any atom is 0.203 e. The molecule has 0 aliphatic carbocycles. The monoisotopic (exact) mass is 468 g/mol. The van der Waals surface area contributed by atoms with E-state index in [4.69, 9.17) is 5.73 Å². The minimum atomic E-state index is -2.71. The fourth-order valence-electron chi connectivity index (χ4n) is 3.93. The number of guanidine groups is 1. The Labute approximate surface area is 189 Å². The van der Waals surface area contributed by atoms with Gasteiger partial charge in [0.25, 0.3) is 0 Å². The van der Waals surface area contributed by atoms with Gasteiger partial charge in [-0.05, 0) is 31.0 Å². The fourth-order valence-corrected chi connectivity index (χ4v) is 6.98. The maximum absolute atomic E-state index is 15.6. The lowest BCUT2D eigenvalue weighted by Gasteiger charge is -2.36. The molecule has 32 heavy (non-hydrogen) atoms. The van der Waals surface area contributed by atoms with Gasteiger partial charge < -0.3 is 5.73 Å². The van der Waals surface area contributed by atoms with E-state index < -0.39 is 15.2 Å². The van der Waals surface area contributed by atoms with E-state index in [1.54, 1.807) is 37.1 Å². The van der Waals surface area contributed by atoms with Crippen LogP contribution in [0.15, 0.2) is 60.0 Å². The molecule has 0 radical (unpaired) electrons. The molecule has 0 amide bonds. The highest BCUT2D eigenvalue weighted by atomic mass is 32.2. The molecule has 7 nitrogen and oxygen atoms in total. The van der Waals surface area contributed by atoms with Crippen molar-refractivity contribution < 1.29 is 8.60 Å². The summed E-state index contributed by atoms with van der Waals surface area (Å²) in [6.45, 7) is 1.76. The van der Waals surface area contributed by atoms with Crippen LogP contribution in [-0.4, -0.2) is 47.9 Å². The third kappa shape index (κ3) is 3.18. The number of halogens is 1. The molecule has 164 valence electrons. The van der Waals surface area contributed by atoms with Gasteiger partial charge in [-0.3, -0.25) is 4.31 Å². The molecule has 10 heteroatoms. The SMILES string of the molecule is C=S1(=O)C[C@@](C)(c2sc3c(-c4ccc(-n5cccn5)nc4)cccc3c2F)N=C(N)N1C. The summed E-state index contributed by atoms with van der Waals surface area (Å²) in [7, 11) is -1.12. The smallest absolute Gasteiger partial charge is 0.203 e. The number of aromatic nitrogens is 3. The predicted molar refractivity (Wildman–Crippen MR) is 129 cm³/mol. The number of thiophene rings is 1. The van der Waals surface area contributed by atoms with Crippen LogP contribution in [0, 0.1) is 5.82 Å². The van der Waals surface area contributed by atoms with E-state index in [0.717, 1.165) is 15.8 Å². The third-order valence-corrected chi connectivity index (χ3v) is 9.30. The molecule has 0 fully saturated rings. The molecule has 2 atom stereocenters. The zero-order valence-electron chi connectivity index (χ0n) is 17.5. The van der Waals surface area contributed by atoms with Crippen LogP contribution in [0.1, 0.15) is 11.8 Å². The van der Waals surface area contributed by atoms with Gasteiger partial charge in [-0.1, -0.05) is 18.2 Å². The van der Waals surface area contributed by atoms with Crippen molar-refractivity contribution in [3.8, 4) is 16.9 Å². The Balaban J connectivity index is 1.64. The van der Waals surface area contributed by atoms with Crippen LogP contribution < -0.4 is 5.73 Å². The minimum Gasteiger partial charge on any atom is -0.369 e. The summed E-state index contributed by atoms with van der Waals surface area (Å²) in [5, 5.41) is 4.68. The molecule has 3 aromatic heterocycles. The van der Waals surface area contributed by atoms with Crippen molar-refractivity contribution >= 4 is 43.0 Å². The lowest BCUT2D eigenvalue weighted by molar-refractivity contribution is 0.495. The largest absolute Gasteiger partial charge is 0.369 e. The Morgan fingerprint density at radius 2 is 2.09 bits per heavy atom. The first kappa shape index (κ1) is 20.7. The summed E-state index contributed by atoms with van der Waals surface area (Å²) in [6.07, 6.45) is 5.26. The quantitative estimate of drug-likeness (QED) is 0.467. The molecule has 4 heterocycles. The van der Waals surface area contributed by atoms with Crippen molar-refractivity contribution in [3.63, 3.8) is 0 Å². The summed E-state index contributed by atoms with van der Waals surface area (Å²) in [5.74, 6) is 4.31. The Hall–Kier alpha value is -3.24. The van der Waals surface area contributed by atoms with Crippen molar-refractivity contribution in [3.05, 3.63) is 65.7 Å². The van der Waals surface area contributed by atoms with Crippen LogP contribution in [0.4, 0.5) is 4.39 Å². The van der Waals surface area contributed by atoms with Crippen LogP contribution in [0.3, 0.4) is 0 Å². The minimum absolute atomic E-state index is 0.0798. The number of fused-ring (bicyclic) bond motifs is 1. The second-order valence-corrected chi connectivity index (χ2v) is 11.3. The zero-order valence-corrected chi connectivity index (χ0v) is 19.2. The predicted octanol–water partition coefficient (Wildman–Crippen LogP) is 3.39. The van der Waals surface area contributed by atoms with E-state index in [0.29, 0.717) is 16.1 Å². The van der Waals surface area contributed by atoms with Crippen molar-refractivity contribution in [1.82, 2.24) is 19.1 Å². The third-order valence-electron chi connectivity index (χ3n) is 5.63. The van der Waals surface area contributed by atoms with Crippen molar-refractivity contribution in [1.29, 1.82) is 0 Å². The molecule has 0 saturated heterocycles. The summed E-state index contributed by atoms with van der Waals surface area (Å²) in [6, 6.07) is 11.1. The highest BCUT2D eigenvalue weighted by Crippen LogP contribution is 2.44. The van der Waals surface area contributed by atoms with Crippen molar-refractivity contribution in [2.45, 2.75) is 12.5 Å². The molecule has 5 rings (SSSR count). The average molecular weight is 469 g/mol. The van der Waals surface area contributed by atoms with Crippen LogP contribution in [-0.2, 0) is 15.2 Å². The van der Waals surface area contributed by atoms with E-state index in [-0.39, 0.29) is 17.5 Å². The number of hydrogen-bond acceptors (Lipinski definition) is 6. The number of aliphatic imine (C=N–C) groups is 1. The van der Waals surface area contributed by atoms with Gasteiger partial charge in [-0.15, -0.1) is 11.3 Å². The molecule has 0 spiro atoms. The molecular formula is C22H21FN6OS2. The highest BCUT2D eigenvalue weighted by molar-refractivity contribution is 7.98. The van der Waals surface area contributed by atoms with Crippen molar-refractivity contribution in [2.75, 3.05) is 12.8 Å². The van der Waals surface area contributed by atoms with Crippen LogP contribution in [0.5, 0.6) is 0 Å². The molecule has 2 N–H and O–H groups in total. The number of nitrogens with two attached hydrogens (primary N) is 1. The van der Waals surface area contributed by atoms with Gasteiger partial charge in [0.1, 0.15) is 11.4 Å². The van der Waals surface area contributed by atoms with Gasteiger partial charge in [0.2, 0.25) is 5.96 Å². The second-order valence-electron chi connectivity index (χ2n) is 7.94. The summed E-state index contributed by atoms with van der Waals surface area (Å²) < 4.78 is 32.5. The van der Waals surface area contributed by atoms with Gasteiger partial charge in [-0.2, -0.15) is 5.10 Å². The first-order valence-electron chi connectivity index (χ1n) is 9.82. The molecule has 4 aromatic rings. The van der Waals surface area contributed by atoms with E-state index in [1.165, 1.54) is 15.6 Å². The van der Waals surface area contributed by atoms with Gasteiger partial charge >= 0.3 is 0 Å². The van der Waals surface area contributed by atoms with E-state index >= 15 is 4.39 Å². The fraction of sp³-hybridized carbons (Fsp3) is 0.182. The highest BCUT2D eigenvalue weighted by Gasteiger charge is 2.40. The summed E-state index contributed by atoms with van der Waals surface area (Å²) in [5.41, 5.74) is 6.66. The number of rotatable bonds is 3. The Morgan fingerprint density at radius 3 is 2.75 bits per heavy atom. The average Bonchev–Trinajstić information content (AvgIpc) is 3.41. The van der Waals surface area contributed by atoms with Crippen LogP contribution in [0.25, 0.3) is 27.0 Å². The molecule has 1 aromatic carbocycles. The number of pyridine rings is 1. The molecule has 0 saturated carbocycles. The second kappa shape index (κ2) is 7.14. The zero-order chi connectivity index (χ0) is 22.7. The summed E-state index contributed by atoms with van der Waals surface area (Å²) in [4.78, 5) is 9.40. The molecule has 1 aliphatic rings. The Bertz CT molecular complexity index is 1460. The number of hydrogen-bond donors (Lipinski definition) is 1. The van der Waals surface area contributed by atoms with Gasteiger partial charge in [0.05, 0.1) is 20.3 Å². The van der Waals surface area contributed by atoms with E-state index in [1.807, 2.05) is 36.5 Å². The first-order valence-corrected chi connectivity index (χ1v) is 12.5. The van der Waals surface area contributed by atoms with E-state index in [9.17, 15) is 4.21 Å². The lowest BCUT2D eigenvalue weighted by Crippen LogP contribution is -2.50.